The number of fused-ring (bicyclic) bond motifs is 1. The lowest BCUT2D eigenvalue weighted by molar-refractivity contribution is -0.138. The second-order valence-corrected chi connectivity index (χ2v) is 3.88. The third-order valence-electron chi connectivity index (χ3n) is 2.20. The van der Waals surface area contributed by atoms with Gasteiger partial charge >= 0.3 is 23.3 Å². The monoisotopic (exact) mass is 300 g/mol. The van der Waals surface area contributed by atoms with Crippen LogP contribution < -0.4 is 16.9 Å². The Balaban J connectivity index is 0.000000222. The van der Waals surface area contributed by atoms with Gasteiger partial charge in [-0.3, -0.25) is 34.3 Å². The van der Waals surface area contributed by atoms with Gasteiger partial charge in [-0.15, -0.1) is 0 Å². The van der Waals surface area contributed by atoms with E-state index in [9.17, 15) is 24.0 Å². The molecule has 6 N–H and O–H groups in total. The molecule has 0 aliphatic carbocycles. The number of H-pyrrole nitrogens is 4. The first-order valence-electron chi connectivity index (χ1n) is 5.67. The number of aromatic nitrogens is 4. The molecule has 0 saturated heterocycles. The quantitative estimate of drug-likeness (QED) is 0.398. The van der Waals surface area contributed by atoms with Crippen molar-refractivity contribution in [3.8, 4) is 0 Å². The van der Waals surface area contributed by atoms with Gasteiger partial charge in [0.25, 0.3) is 5.56 Å². The average molecular weight is 300 g/mol. The molecule has 11 nitrogen and oxygen atoms in total. The average Bonchev–Trinajstić information content (AvgIpc) is 2.69. The van der Waals surface area contributed by atoms with Crippen LogP contribution in [0.3, 0.4) is 0 Å². The maximum absolute atomic E-state index is 10.9. The van der Waals surface area contributed by atoms with E-state index < -0.39 is 28.9 Å². The summed E-state index contributed by atoms with van der Waals surface area (Å²) in [4.78, 5) is 60.6. The Hall–Kier alpha value is -3.11. The number of aliphatic carboxylic acids is 2. The summed E-state index contributed by atoms with van der Waals surface area (Å²) in [5, 5.41) is 16.1. The Bertz CT molecular complexity index is 795. The molecule has 11 heteroatoms. The molecule has 0 aliphatic rings. The molecule has 2 aromatic rings. The highest BCUT2D eigenvalue weighted by molar-refractivity contribution is 5.70. The van der Waals surface area contributed by atoms with E-state index in [2.05, 4.69) is 15.0 Å². The number of hydrogen-bond donors (Lipinski definition) is 6. The van der Waals surface area contributed by atoms with Crippen molar-refractivity contribution in [2.45, 2.75) is 19.3 Å². The number of carboxylic acids is 2. The van der Waals surface area contributed by atoms with E-state index in [1.165, 1.54) is 0 Å². The van der Waals surface area contributed by atoms with Crippen LogP contribution in [0.4, 0.5) is 0 Å². The number of nitrogens with one attached hydrogen (secondary N) is 4. The van der Waals surface area contributed by atoms with Crippen LogP contribution in [0, 0.1) is 0 Å². The zero-order valence-electron chi connectivity index (χ0n) is 10.6. The van der Waals surface area contributed by atoms with E-state index in [1.54, 1.807) is 0 Å². The molecule has 0 amide bonds. The Morgan fingerprint density at radius 3 is 1.76 bits per heavy atom. The van der Waals surface area contributed by atoms with Gasteiger partial charge in [0.2, 0.25) is 0 Å². The summed E-state index contributed by atoms with van der Waals surface area (Å²) in [7, 11) is 0. The molecule has 0 radical (unpaired) electrons. The van der Waals surface area contributed by atoms with Gasteiger partial charge in [-0.2, -0.15) is 0 Å². The fourth-order valence-corrected chi connectivity index (χ4v) is 1.35. The van der Waals surface area contributed by atoms with Gasteiger partial charge in [-0.25, -0.2) is 9.59 Å². The predicted molar refractivity (Wildman–Crippen MR) is 69.3 cm³/mol. The van der Waals surface area contributed by atoms with Crippen molar-refractivity contribution < 1.29 is 19.8 Å². The van der Waals surface area contributed by atoms with Crippen LogP contribution in [0.25, 0.3) is 11.2 Å². The number of carboxylic acid groups (broad SMARTS) is 2. The van der Waals surface area contributed by atoms with Gasteiger partial charge in [-0.05, 0) is 6.42 Å². The summed E-state index contributed by atoms with van der Waals surface area (Å²) in [6.45, 7) is 0. The molecule has 0 atom stereocenters. The molecule has 0 unspecified atom stereocenters. The lowest BCUT2D eigenvalue weighted by Gasteiger charge is -1.89. The number of carbonyl (C=O) groups is 2. The van der Waals surface area contributed by atoms with E-state index in [4.69, 9.17) is 10.2 Å². The summed E-state index contributed by atoms with van der Waals surface area (Å²) in [6, 6.07) is 0. The van der Waals surface area contributed by atoms with E-state index in [1.807, 2.05) is 4.98 Å². The van der Waals surface area contributed by atoms with Crippen LogP contribution in [0.15, 0.2) is 14.4 Å². The standard InChI is InChI=1S/C5H4N4O3.C5H8O4/c10-3-1-2(7-4(11)6-1)8-5(12)9-3;6-4(7)2-1-3-5(8)9/h(H4,6,7,8,9,10,11,12);1-3H2,(H,6,7)(H,8,9). The minimum absolute atomic E-state index is 0.0413. The highest BCUT2D eigenvalue weighted by atomic mass is 16.4. The van der Waals surface area contributed by atoms with Crippen LogP contribution in [0.2, 0.25) is 0 Å². The Kier molecular flexibility index (Phi) is 5.23. The Labute approximate surface area is 114 Å². The molecule has 0 aliphatic heterocycles. The van der Waals surface area contributed by atoms with Gasteiger partial charge in [0.1, 0.15) is 11.2 Å². The predicted octanol–water partition coefficient (Wildman–Crippen LogP) is -1.44. The molecule has 0 saturated carbocycles. The van der Waals surface area contributed by atoms with Gasteiger partial charge < -0.3 is 10.2 Å². The van der Waals surface area contributed by atoms with E-state index >= 15 is 0 Å². The van der Waals surface area contributed by atoms with Crippen LogP contribution in [-0.4, -0.2) is 42.1 Å². The highest BCUT2D eigenvalue weighted by Crippen LogP contribution is 1.93. The van der Waals surface area contributed by atoms with Crippen molar-refractivity contribution >= 4 is 23.1 Å². The fourth-order valence-electron chi connectivity index (χ4n) is 1.35. The first-order valence-corrected chi connectivity index (χ1v) is 5.67. The molecule has 0 fully saturated rings. The van der Waals surface area contributed by atoms with E-state index in [0.29, 0.717) is 0 Å². The third-order valence-corrected chi connectivity index (χ3v) is 2.20. The molecule has 0 aromatic carbocycles. The topological polar surface area (TPSA) is 189 Å². The molecular formula is C10H12N4O7. The fraction of sp³-hybridized carbons (Fsp3) is 0.300. The van der Waals surface area contributed by atoms with Gasteiger partial charge in [0.15, 0.2) is 0 Å². The Morgan fingerprint density at radius 2 is 1.29 bits per heavy atom. The van der Waals surface area contributed by atoms with Gasteiger partial charge in [0, 0.05) is 12.8 Å². The van der Waals surface area contributed by atoms with Crippen molar-refractivity contribution in [3.63, 3.8) is 0 Å². The SMILES string of the molecule is O=C(O)CCCC(=O)O.O=c1[nH]c(=O)c2[nH]c(=O)[nH]c2[nH]1. The molecular weight excluding hydrogens is 288 g/mol. The van der Waals surface area contributed by atoms with Crippen molar-refractivity contribution in [2.75, 3.05) is 0 Å². The summed E-state index contributed by atoms with van der Waals surface area (Å²) in [5.74, 6) is -1.90. The summed E-state index contributed by atoms with van der Waals surface area (Å²) in [5.41, 5.74) is -1.65. The molecule has 114 valence electrons. The van der Waals surface area contributed by atoms with Crippen LogP contribution in [0.5, 0.6) is 0 Å². The second kappa shape index (κ2) is 6.88. The summed E-state index contributed by atoms with van der Waals surface area (Å²) < 4.78 is 0. The molecule has 2 heterocycles. The van der Waals surface area contributed by atoms with Gasteiger partial charge in [-0.1, -0.05) is 0 Å². The Morgan fingerprint density at radius 1 is 0.810 bits per heavy atom. The third kappa shape index (κ3) is 5.18. The number of rotatable bonds is 4. The second-order valence-electron chi connectivity index (χ2n) is 3.88. The summed E-state index contributed by atoms with van der Waals surface area (Å²) >= 11 is 0. The molecule has 0 bridgehead atoms. The van der Waals surface area contributed by atoms with Crippen LogP contribution in [-0.2, 0) is 9.59 Å². The maximum Gasteiger partial charge on any atom is 0.327 e. The van der Waals surface area contributed by atoms with E-state index in [0.717, 1.165) is 0 Å². The lowest BCUT2D eigenvalue weighted by Crippen LogP contribution is -2.21. The first kappa shape index (κ1) is 15.9. The smallest absolute Gasteiger partial charge is 0.327 e. The molecule has 2 aromatic heterocycles. The molecule has 2 rings (SSSR count). The lowest BCUT2D eigenvalue weighted by atomic mass is 10.2. The van der Waals surface area contributed by atoms with Gasteiger partial charge in [0.05, 0.1) is 0 Å². The minimum atomic E-state index is -0.948. The normalized spacial score (nSPS) is 9.90. The van der Waals surface area contributed by atoms with Crippen molar-refractivity contribution in [1.82, 2.24) is 19.9 Å². The number of aromatic amines is 4. The van der Waals surface area contributed by atoms with E-state index in [-0.39, 0.29) is 30.4 Å². The van der Waals surface area contributed by atoms with Crippen molar-refractivity contribution in [2.24, 2.45) is 0 Å². The highest BCUT2D eigenvalue weighted by Gasteiger charge is 2.02. The molecule has 0 spiro atoms. The largest absolute Gasteiger partial charge is 0.481 e. The summed E-state index contributed by atoms with van der Waals surface area (Å²) in [6.07, 6.45) is 0.0866. The minimum Gasteiger partial charge on any atom is -0.481 e. The van der Waals surface area contributed by atoms with Crippen LogP contribution in [0.1, 0.15) is 19.3 Å². The first-order chi connectivity index (χ1) is 9.79. The number of hydrogen-bond acceptors (Lipinski definition) is 5. The maximum atomic E-state index is 10.9. The van der Waals surface area contributed by atoms with Crippen LogP contribution >= 0.6 is 0 Å². The number of imidazole rings is 1. The zero-order chi connectivity index (χ0) is 16.0. The molecule has 21 heavy (non-hydrogen) atoms. The zero-order valence-corrected chi connectivity index (χ0v) is 10.6. The van der Waals surface area contributed by atoms with Crippen molar-refractivity contribution in [1.29, 1.82) is 0 Å². The van der Waals surface area contributed by atoms with Crippen molar-refractivity contribution in [3.05, 3.63) is 31.3 Å².